The standard InChI is InChI=1S/C20H20N4O3/c1-12-22-17-5-4-13(7-18(17)23-12)8-19(25)24-10-15(16(11-24)20(26)27)14-3-2-6-21-9-14/h2-7,9,15-16H,8,10-11H2,1H3,(H,22,23)(H,26,27)/t15-,16+/m0/s1. The molecule has 7 nitrogen and oxygen atoms in total. The summed E-state index contributed by atoms with van der Waals surface area (Å²) in [6, 6.07) is 9.38. The second-order valence-corrected chi connectivity index (χ2v) is 6.99. The number of carbonyl (C=O) groups is 2. The number of carboxylic acid groups (broad SMARTS) is 1. The predicted molar refractivity (Wildman–Crippen MR) is 99.2 cm³/mol. The van der Waals surface area contributed by atoms with Crippen LogP contribution in [0.2, 0.25) is 0 Å². The van der Waals surface area contributed by atoms with Crippen molar-refractivity contribution in [3.8, 4) is 0 Å². The first-order valence-electron chi connectivity index (χ1n) is 8.87. The van der Waals surface area contributed by atoms with Crippen LogP contribution in [0.25, 0.3) is 11.0 Å². The number of likely N-dealkylation sites (tertiary alicyclic amines) is 1. The molecule has 3 aromatic rings. The molecule has 1 aliphatic heterocycles. The van der Waals surface area contributed by atoms with E-state index in [4.69, 9.17) is 0 Å². The van der Waals surface area contributed by atoms with E-state index in [9.17, 15) is 14.7 Å². The molecule has 7 heteroatoms. The summed E-state index contributed by atoms with van der Waals surface area (Å²) in [6.45, 7) is 2.51. The average molecular weight is 364 g/mol. The van der Waals surface area contributed by atoms with Crippen LogP contribution in [0, 0.1) is 12.8 Å². The van der Waals surface area contributed by atoms with Crippen molar-refractivity contribution in [2.75, 3.05) is 13.1 Å². The molecular formula is C20H20N4O3. The molecule has 4 rings (SSSR count). The van der Waals surface area contributed by atoms with E-state index in [2.05, 4.69) is 15.0 Å². The lowest BCUT2D eigenvalue weighted by atomic mass is 9.90. The number of rotatable bonds is 4. The fourth-order valence-corrected chi connectivity index (χ4v) is 3.77. The molecule has 0 aliphatic carbocycles. The van der Waals surface area contributed by atoms with Gasteiger partial charge in [-0.1, -0.05) is 12.1 Å². The van der Waals surface area contributed by atoms with Gasteiger partial charge in [0.05, 0.1) is 23.4 Å². The van der Waals surface area contributed by atoms with Crippen LogP contribution in [0.5, 0.6) is 0 Å². The van der Waals surface area contributed by atoms with Crippen molar-refractivity contribution in [1.82, 2.24) is 19.9 Å². The maximum atomic E-state index is 12.8. The molecule has 0 bridgehead atoms. The van der Waals surface area contributed by atoms with Crippen molar-refractivity contribution >= 4 is 22.9 Å². The monoisotopic (exact) mass is 364 g/mol. The highest BCUT2D eigenvalue weighted by Crippen LogP contribution is 2.33. The number of amides is 1. The fraction of sp³-hybridized carbons (Fsp3) is 0.300. The van der Waals surface area contributed by atoms with Crippen LogP contribution in [-0.4, -0.2) is 49.9 Å². The minimum absolute atomic E-state index is 0.0665. The summed E-state index contributed by atoms with van der Waals surface area (Å²) in [5, 5.41) is 9.59. The van der Waals surface area contributed by atoms with Crippen LogP contribution in [0.3, 0.4) is 0 Å². The lowest BCUT2D eigenvalue weighted by molar-refractivity contribution is -0.141. The number of fused-ring (bicyclic) bond motifs is 1. The van der Waals surface area contributed by atoms with Crippen LogP contribution in [-0.2, 0) is 16.0 Å². The molecule has 1 fully saturated rings. The number of benzene rings is 1. The normalized spacial score (nSPS) is 19.5. The Labute approximate surface area is 156 Å². The quantitative estimate of drug-likeness (QED) is 0.739. The van der Waals surface area contributed by atoms with E-state index in [0.29, 0.717) is 6.54 Å². The van der Waals surface area contributed by atoms with Gasteiger partial charge in [-0.25, -0.2) is 4.98 Å². The molecule has 1 saturated heterocycles. The van der Waals surface area contributed by atoms with Crippen LogP contribution >= 0.6 is 0 Å². The number of aliphatic carboxylic acids is 1. The Balaban J connectivity index is 1.52. The number of hydrogen-bond donors (Lipinski definition) is 2. The summed E-state index contributed by atoms with van der Waals surface area (Å²) in [4.78, 5) is 37.8. The van der Waals surface area contributed by atoms with Crippen molar-refractivity contribution in [3.05, 3.63) is 59.7 Å². The number of aryl methyl sites for hydroxylation is 1. The first-order chi connectivity index (χ1) is 13.0. The average Bonchev–Trinajstić information content (AvgIpc) is 3.25. The summed E-state index contributed by atoms with van der Waals surface area (Å²) in [7, 11) is 0. The highest BCUT2D eigenvalue weighted by atomic mass is 16.4. The Hall–Kier alpha value is -3.22. The maximum Gasteiger partial charge on any atom is 0.308 e. The van der Waals surface area contributed by atoms with Crippen LogP contribution < -0.4 is 0 Å². The summed E-state index contributed by atoms with van der Waals surface area (Å²) < 4.78 is 0. The maximum absolute atomic E-state index is 12.8. The van der Waals surface area contributed by atoms with Crippen LogP contribution in [0.1, 0.15) is 22.9 Å². The molecule has 2 atom stereocenters. The molecule has 0 spiro atoms. The number of H-pyrrole nitrogens is 1. The number of hydrogen-bond acceptors (Lipinski definition) is 4. The molecule has 1 aromatic carbocycles. The highest BCUT2D eigenvalue weighted by molar-refractivity contribution is 5.83. The number of imidazole rings is 1. The van der Waals surface area contributed by atoms with Gasteiger partial charge in [0.1, 0.15) is 5.82 Å². The number of carboxylic acids is 1. The third-order valence-electron chi connectivity index (χ3n) is 5.12. The minimum Gasteiger partial charge on any atom is -0.481 e. The summed E-state index contributed by atoms with van der Waals surface area (Å²) in [5.74, 6) is -0.970. The van der Waals surface area contributed by atoms with Gasteiger partial charge in [-0.15, -0.1) is 0 Å². The van der Waals surface area contributed by atoms with Gasteiger partial charge in [0, 0.05) is 31.4 Å². The summed E-state index contributed by atoms with van der Waals surface area (Å²) in [6.07, 6.45) is 3.58. The molecule has 2 aromatic heterocycles. The topological polar surface area (TPSA) is 99.2 Å². The SMILES string of the molecule is Cc1nc2ccc(CC(=O)N3C[C@@H](C(=O)O)[C@H](c4cccnc4)C3)cc2[nH]1. The third kappa shape index (κ3) is 3.40. The number of aromatic nitrogens is 3. The predicted octanol–water partition coefficient (Wildman–Crippen LogP) is 2.14. The molecule has 0 radical (unpaired) electrons. The molecule has 3 heterocycles. The van der Waals surface area contributed by atoms with Gasteiger partial charge in [-0.3, -0.25) is 14.6 Å². The lowest BCUT2D eigenvalue weighted by Crippen LogP contribution is -2.31. The van der Waals surface area contributed by atoms with Crippen molar-refractivity contribution in [2.24, 2.45) is 5.92 Å². The van der Waals surface area contributed by atoms with E-state index in [-0.39, 0.29) is 24.8 Å². The van der Waals surface area contributed by atoms with Gasteiger partial charge < -0.3 is 15.0 Å². The molecule has 0 saturated carbocycles. The highest BCUT2D eigenvalue weighted by Gasteiger charge is 2.40. The summed E-state index contributed by atoms with van der Waals surface area (Å²) >= 11 is 0. The van der Waals surface area contributed by atoms with Crippen molar-refractivity contribution in [1.29, 1.82) is 0 Å². The van der Waals surface area contributed by atoms with E-state index in [1.54, 1.807) is 23.4 Å². The first kappa shape index (κ1) is 17.2. The fourth-order valence-electron chi connectivity index (χ4n) is 3.77. The van der Waals surface area contributed by atoms with E-state index in [1.165, 1.54) is 0 Å². The number of aromatic amines is 1. The second-order valence-electron chi connectivity index (χ2n) is 6.99. The zero-order chi connectivity index (χ0) is 19.0. The first-order valence-corrected chi connectivity index (χ1v) is 8.87. The van der Waals surface area contributed by atoms with Gasteiger partial charge >= 0.3 is 5.97 Å². The van der Waals surface area contributed by atoms with Gasteiger partial charge in [-0.2, -0.15) is 0 Å². The van der Waals surface area contributed by atoms with Crippen molar-refractivity contribution < 1.29 is 14.7 Å². The smallest absolute Gasteiger partial charge is 0.308 e. The molecule has 2 N–H and O–H groups in total. The number of nitrogens with one attached hydrogen (secondary N) is 1. The minimum atomic E-state index is -0.881. The Kier molecular flexibility index (Phi) is 4.35. The van der Waals surface area contributed by atoms with E-state index in [1.807, 2.05) is 31.2 Å². The molecule has 27 heavy (non-hydrogen) atoms. The van der Waals surface area contributed by atoms with Crippen LogP contribution in [0.4, 0.5) is 0 Å². The molecule has 1 amide bonds. The van der Waals surface area contributed by atoms with Crippen molar-refractivity contribution in [2.45, 2.75) is 19.3 Å². The Bertz CT molecular complexity index is 999. The zero-order valence-electron chi connectivity index (χ0n) is 14.9. The number of nitrogens with zero attached hydrogens (tertiary/aromatic N) is 3. The van der Waals surface area contributed by atoms with E-state index in [0.717, 1.165) is 28.0 Å². The van der Waals surface area contributed by atoms with Crippen molar-refractivity contribution in [3.63, 3.8) is 0 Å². The second kappa shape index (κ2) is 6.83. The third-order valence-corrected chi connectivity index (χ3v) is 5.12. The zero-order valence-corrected chi connectivity index (χ0v) is 14.9. The molecule has 1 aliphatic rings. The Morgan fingerprint density at radius 3 is 2.89 bits per heavy atom. The Morgan fingerprint density at radius 1 is 1.30 bits per heavy atom. The molecule has 0 unspecified atom stereocenters. The largest absolute Gasteiger partial charge is 0.481 e. The molecule has 138 valence electrons. The molecular weight excluding hydrogens is 344 g/mol. The van der Waals surface area contributed by atoms with Gasteiger partial charge in [-0.05, 0) is 36.2 Å². The van der Waals surface area contributed by atoms with E-state index < -0.39 is 11.9 Å². The van der Waals surface area contributed by atoms with Gasteiger partial charge in [0.15, 0.2) is 0 Å². The van der Waals surface area contributed by atoms with Gasteiger partial charge in [0.25, 0.3) is 0 Å². The van der Waals surface area contributed by atoms with E-state index >= 15 is 0 Å². The van der Waals surface area contributed by atoms with Gasteiger partial charge in [0.2, 0.25) is 5.91 Å². The number of carbonyl (C=O) groups excluding carboxylic acids is 1. The number of pyridine rings is 1. The Morgan fingerprint density at radius 2 is 2.15 bits per heavy atom. The lowest BCUT2D eigenvalue weighted by Gasteiger charge is -2.16. The van der Waals surface area contributed by atoms with Crippen LogP contribution in [0.15, 0.2) is 42.7 Å². The summed E-state index contributed by atoms with van der Waals surface area (Å²) in [5.41, 5.74) is 3.51.